The molecule has 1 atom stereocenters. The third-order valence-electron chi connectivity index (χ3n) is 4.49. The van der Waals surface area contributed by atoms with Crippen LogP contribution < -0.4 is 0 Å². The third kappa shape index (κ3) is 15.4. The van der Waals surface area contributed by atoms with E-state index in [0.717, 1.165) is 26.1 Å². The average molecular weight is 490 g/mol. The Kier molecular flexibility index (Phi) is 17.6. The molecule has 4 heteroatoms. The van der Waals surface area contributed by atoms with E-state index in [-0.39, 0.29) is 6.10 Å². The summed E-state index contributed by atoms with van der Waals surface area (Å²) in [6.07, 6.45) is 11.4. The van der Waals surface area contributed by atoms with Gasteiger partial charge in [-0.15, -0.1) is 0 Å². The van der Waals surface area contributed by atoms with E-state index in [1.807, 2.05) is 18.2 Å². The van der Waals surface area contributed by atoms with E-state index in [9.17, 15) is 0 Å². The van der Waals surface area contributed by atoms with Crippen LogP contribution in [-0.2, 0) is 20.8 Å². The predicted octanol–water partition coefficient (Wildman–Crippen LogP) is 6.57. The molecule has 0 saturated heterocycles. The Morgan fingerprint density at radius 2 is 1.44 bits per heavy atom. The molecule has 0 amide bonds. The van der Waals surface area contributed by atoms with Crippen molar-refractivity contribution in [2.24, 2.45) is 0 Å². The molecule has 0 aliphatic rings. The first kappa shape index (κ1) is 24.9. The summed E-state index contributed by atoms with van der Waals surface area (Å²) >= 11 is 2.44. The minimum atomic E-state index is 0.0363. The summed E-state index contributed by atoms with van der Waals surface area (Å²) < 4.78 is 19.1. The average Bonchev–Trinajstić information content (AvgIpc) is 2.70. The Labute approximate surface area is 180 Å². The van der Waals surface area contributed by atoms with Gasteiger partial charge < -0.3 is 14.2 Å². The lowest BCUT2D eigenvalue weighted by Gasteiger charge is -2.18. The SMILES string of the molecule is CCCCCCCOC(COCCCCCCI)COCc1ccccc1. The summed E-state index contributed by atoms with van der Waals surface area (Å²) in [5.74, 6) is 0. The van der Waals surface area contributed by atoms with Crippen LogP contribution in [0.4, 0.5) is 0 Å². The topological polar surface area (TPSA) is 27.7 Å². The van der Waals surface area contributed by atoms with Crippen molar-refractivity contribution in [1.29, 1.82) is 0 Å². The Balaban J connectivity index is 2.19. The van der Waals surface area contributed by atoms with Crippen LogP contribution in [0.15, 0.2) is 30.3 Å². The van der Waals surface area contributed by atoms with Gasteiger partial charge in [-0.3, -0.25) is 0 Å². The number of benzene rings is 1. The van der Waals surface area contributed by atoms with Gasteiger partial charge in [0.05, 0.1) is 19.8 Å². The second-order valence-electron chi connectivity index (χ2n) is 7.09. The van der Waals surface area contributed by atoms with E-state index in [1.54, 1.807) is 0 Å². The molecule has 0 aliphatic carbocycles. The molecule has 0 radical (unpaired) electrons. The van der Waals surface area contributed by atoms with Gasteiger partial charge in [-0.2, -0.15) is 0 Å². The molecule has 156 valence electrons. The van der Waals surface area contributed by atoms with Crippen LogP contribution in [0.5, 0.6) is 0 Å². The quantitative estimate of drug-likeness (QED) is 0.125. The van der Waals surface area contributed by atoms with E-state index in [2.05, 4.69) is 41.6 Å². The fourth-order valence-corrected chi connectivity index (χ4v) is 3.39. The van der Waals surface area contributed by atoms with Gasteiger partial charge in [0, 0.05) is 13.2 Å². The molecule has 0 aliphatic heterocycles. The number of hydrogen-bond donors (Lipinski definition) is 0. The number of alkyl halides is 1. The van der Waals surface area contributed by atoms with Gasteiger partial charge in [-0.25, -0.2) is 0 Å². The first-order chi connectivity index (χ1) is 13.4. The van der Waals surface area contributed by atoms with Gasteiger partial charge in [-0.1, -0.05) is 98.4 Å². The Bertz CT molecular complexity index is 413. The fourth-order valence-electron chi connectivity index (χ4n) is 2.85. The number of ether oxygens (including phenoxy) is 3. The molecular formula is C23H39IO3. The summed E-state index contributed by atoms with van der Waals surface area (Å²) in [7, 11) is 0. The van der Waals surface area contributed by atoms with Crippen LogP contribution in [-0.4, -0.2) is 37.0 Å². The maximum atomic E-state index is 6.05. The predicted molar refractivity (Wildman–Crippen MR) is 123 cm³/mol. The van der Waals surface area contributed by atoms with E-state index in [1.165, 1.54) is 54.9 Å². The number of hydrogen-bond acceptors (Lipinski definition) is 3. The summed E-state index contributed by atoms with van der Waals surface area (Å²) in [4.78, 5) is 0. The summed E-state index contributed by atoms with van der Waals surface area (Å²) in [6, 6.07) is 10.3. The monoisotopic (exact) mass is 490 g/mol. The van der Waals surface area contributed by atoms with Gasteiger partial charge in [0.2, 0.25) is 0 Å². The normalized spacial score (nSPS) is 12.4. The third-order valence-corrected chi connectivity index (χ3v) is 5.26. The van der Waals surface area contributed by atoms with Crippen molar-refractivity contribution in [1.82, 2.24) is 0 Å². The highest BCUT2D eigenvalue weighted by atomic mass is 127. The van der Waals surface area contributed by atoms with E-state index < -0.39 is 0 Å². The van der Waals surface area contributed by atoms with Gasteiger partial charge >= 0.3 is 0 Å². The molecule has 0 N–H and O–H groups in total. The molecule has 1 aromatic carbocycles. The lowest BCUT2D eigenvalue weighted by Crippen LogP contribution is -2.26. The minimum Gasteiger partial charge on any atom is -0.379 e. The van der Waals surface area contributed by atoms with Crippen molar-refractivity contribution in [3.05, 3.63) is 35.9 Å². The van der Waals surface area contributed by atoms with Crippen LogP contribution in [0.2, 0.25) is 0 Å². The van der Waals surface area contributed by atoms with Crippen molar-refractivity contribution in [3.63, 3.8) is 0 Å². The van der Waals surface area contributed by atoms with Crippen LogP contribution in [0.1, 0.15) is 70.3 Å². The number of halogens is 1. The summed E-state index contributed by atoms with van der Waals surface area (Å²) in [5.41, 5.74) is 1.20. The first-order valence-electron chi connectivity index (χ1n) is 10.7. The molecule has 0 fully saturated rings. The first-order valence-corrected chi connectivity index (χ1v) is 12.3. The fraction of sp³-hybridized carbons (Fsp3) is 0.739. The zero-order chi connectivity index (χ0) is 19.4. The van der Waals surface area contributed by atoms with Gasteiger partial charge in [-0.05, 0) is 29.3 Å². The van der Waals surface area contributed by atoms with Crippen molar-refractivity contribution in [2.75, 3.05) is 30.9 Å². The van der Waals surface area contributed by atoms with Crippen LogP contribution in [0.25, 0.3) is 0 Å². The molecule has 3 nitrogen and oxygen atoms in total. The van der Waals surface area contributed by atoms with E-state index in [0.29, 0.717) is 19.8 Å². The van der Waals surface area contributed by atoms with Crippen molar-refractivity contribution in [3.8, 4) is 0 Å². The minimum absolute atomic E-state index is 0.0363. The van der Waals surface area contributed by atoms with Crippen LogP contribution in [0, 0.1) is 0 Å². The molecular weight excluding hydrogens is 451 g/mol. The van der Waals surface area contributed by atoms with Crippen LogP contribution in [0.3, 0.4) is 0 Å². The molecule has 27 heavy (non-hydrogen) atoms. The van der Waals surface area contributed by atoms with Gasteiger partial charge in [0.15, 0.2) is 0 Å². The molecule has 0 saturated carbocycles. The number of unbranched alkanes of at least 4 members (excludes halogenated alkanes) is 7. The smallest absolute Gasteiger partial charge is 0.104 e. The molecule has 1 unspecified atom stereocenters. The van der Waals surface area contributed by atoms with Crippen LogP contribution >= 0.6 is 22.6 Å². The summed E-state index contributed by atoms with van der Waals surface area (Å²) in [5, 5.41) is 0. The largest absolute Gasteiger partial charge is 0.379 e. The van der Waals surface area contributed by atoms with Gasteiger partial charge in [0.1, 0.15) is 6.10 Å². The van der Waals surface area contributed by atoms with Gasteiger partial charge in [0.25, 0.3) is 0 Å². The lowest BCUT2D eigenvalue weighted by molar-refractivity contribution is -0.0645. The standard InChI is InChI=1S/C23H39IO3/c1-2-3-4-6-13-18-27-23(20-25-17-12-7-5-11-16-24)21-26-19-22-14-9-8-10-15-22/h8-10,14-15,23H,2-7,11-13,16-21H2,1H3. The molecule has 0 heterocycles. The highest BCUT2D eigenvalue weighted by molar-refractivity contribution is 14.1. The van der Waals surface area contributed by atoms with Crippen molar-refractivity contribution < 1.29 is 14.2 Å². The molecule has 0 bridgehead atoms. The van der Waals surface area contributed by atoms with E-state index >= 15 is 0 Å². The van der Waals surface area contributed by atoms with Crippen molar-refractivity contribution >= 4 is 22.6 Å². The maximum Gasteiger partial charge on any atom is 0.104 e. The molecule has 1 rings (SSSR count). The zero-order valence-corrected chi connectivity index (χ0v) is 19.3. The highest BCUT2D eigenvalue weighted by Crippen LogP contribution is 2.07. The van der Waals surface area contributed by atoms with E-state index in [4.69, 9.17) is 14.2 Å². The Hall–Kier alpha value is -0.170. The molecule has 0 spiro atoms. The number of rotatable bonds is 19. The highest BCUT2D eigenvalue weighted by Gasteiger charge is 2.10. The lowest BCUT2D eigenvalue weighted by atomic mass is 10.2. The second kappa shape index (κ2) is 19.2. The Morgan fingerprint density at radius 1 is 0.778 bits per heavy atom. The molecule has 0 aromatic heterocycles. The summed E-state index contributed by atoms with van der Waals surface area (Å²) in [6.45, 7) is 5.75. The van der Waals surface area contributed by atoms with Crippen molar-refractivity contribution in [2.45, 2.75) is 77.4 Å². The Morgan fingerprint density at radius 3 is 2.19 bits per heavy atom. The second-order valence-corrected chi connectivity index (χ2v) is 8.16. The molecule has 1 aromatic rings. The zero-order valence-electron chi connectivity index (χ0n) is 17.2. The maximum absolute atomic E-state index is 6.05.